The van der Waals surface area contributed by atoms with Crippen LogP contribution in [0.15, 0.2) is 65.1 Å². The van der Waals surface area contributed by atoms with Crippen molar-refractivity contribution in [3.05, 3.63) is 71.5 Å². The minimum absolute atomic E-state index is 0.0603. The molecular weight excluding hydrogens is 606 g/mol. The molecular formula is C34H45N5O6S. The maximum Gasteiger partial charge on any atom is 0.407 e. The number of methoxy groups -OCH3 is 1. The van der Waals surface area contributed by atoms with E-state index in [1.807, 2.05) is 31.7 Å². The number of sulfonamides is 1. The fourth-order valence-electron chi connectivity index (χ4n) is 6.25. The zero-order valence-corrected chi connectivity index (χ0v) is 28.3. The van der Waals surface area contributed by atoms with Gasteiger partial charge in [0.1, 0.15) is 6.61 Å². The number of anilines is 1. The lowest BCUT2D eigenvalue weighted by atomic mass is 9.88. The average Bonchev–Trinajstić information content (AvgIpc) is 3.00. The van der Waals surface area contributed by atoms with E-state index in [0.29, 0.717) is 37.8 Å². The van der Waals surface area contributed by atoms with Crippen LogP contribution in [0.3, 0.4) is 0 Å². The molecule has 1 aromatic carbocycles. The van der Waals surface area contributed by atoms with Crippen LogP contribution in [-0.2, 0) is 14.8 Å². The van der Waals surface area contributed by atoms with E-state index in [0.717, 1.165) is 16.7 Å². The van der Waals surface area contributed by atoms with E-state index in [9.17, 15) is 18.0 Å². The Kier molecular flexibility index (Phi) is 11.3. The monoisotopic (exact) mass is 651 g/mol. The molecule has 0 spiro atoms. The standard InChI is InChI=1S/C34H45N5O6S/c1-8-10-23(6)31(22(4)5)29-19-30-37-33(36-29)38-46(42,43)28-12-9-11-24(18-28)32(40)39(27(20-45-30)17-21(2)3)26-15-13-25(14-16-26)35-34(41)44-7/h8-12,18-19,21,25-27H,1,13-17,20H2,2-7H3,(H,35,41)(H,36,37,38)/b23-10-/t25-,26-,27-/m1/s1. The van der Waals surface area contributed by atoms with Gasteiger partial charge in [0, 0.05) is 29.3 Å². The molecule has 0 radical (unpaired) electrons. The summed E-state index contributed by atoms with van der Waals surface area (Å²) in [6.07, 6.45) is 6.34. The zero-order chi connectivity index (χ0) is 33.6. The van der Waals surface area contributed by atoms with E-state index < -0.39 is 16.1 Å². The van der Waals surface area contributed by atoms with Gasteiger partial charge in [-0.2, -0.15) is 4.98 Å². The Balaban J connectivity index is 1.83. The van der Waals surface area contributed by atoms with Crippen LogP contribution in [0.5, 0.6) is 5.88 Å². The van der Waals surface area contributed by atoms with Crippen LogP contribution in [-0.4, -0.2) is 67.1 Å². The van der Waals surface area contributed by atoms with Gasteiger partial charge in [-0.1, -0.05) is 44.2 Å². The van der Waals surface area contributed by atoms with Gasteiger partial charge < -0.3 is 19.7 Å². The first-order valence-electron chi connectivity index (χ1n) is 15.6. The van der Waals surface area contributed by atoms with Crippen molar-refractivity contribution in [2.45, 2.75) is 89.7 Å². The van der Waals surface area contributed by atoms with Gasteiger partial charge in [-0.25, -0.2) is 22.9 Å². The van der Waals surface area contributed by atoms with Crippen molar-refractivity contribution in [3.63, 3.8) is 0 Å². The summed E-state index contributed by atoms with van der Waals surface area (Å²) in [7, 11) is -2.84. The first-order chi connectivity index (χ1) is 21.8. The van der Waals surface area contributed by atoms with Crippen LogP contribution in [0.1, 0.15) is 82.8 Å². The van der Waals surface area contributed by atoms with Crippen molar-refractivity contribution in [3.8, 4) is 5.88 Å². The number of carbonyl (C=O) groups excluding carboxylic acids is 2. The predicted molar refractivity (Wildman–Crippen MR) is 178 cm³/mol. The third kappa shape index (κ3) is 8.34. The number of nitrogens with zero attached hydrogens (tertiary/aromatic N) is 3. The second-order valence-corrected chi connectivity index (χ2v) is 14.1. The Morgan fingerprint density at radius 1 is 1.17 bits per heavy atom. The molecule has 1 fully saturated rings. The summed E-state index contributed by atoms with van der Waals surface area (Å²) < 4.78 is 40.9. The number of nitrogens with one attached hydrogen (secondary N) is 2. The molecule has 12 heteroatoms. The number of carbonyl (C=O) groups is 2. The second kappa shape index (κ2) is 14.9. The minimum atomic E-state index is -4.17. The lowest BCUT2D eigenvalue weighted by Gasteiger charge is -2.42. The maximum absolute atomic E-state index is 14.4. The van der Waals surface area contributed by atoms with E-state index >= 15 is 0 Å². The predicted octanol–water partition coefficient (Wildman–Crippen LogP) is 6.12. The molecule has 1 aliphatic heterocycles. The van der Waals surface area contributed by atoms with Crippen LogP contribution >= 0.6 is 0 Å². The van der Waals surface area contributed by atoms with Gasteiger partial charge in [0.05, 0.1) is 23.7 Å². The highest BCUT2D eigenvalue weighted by Gasteiger charge is 2.36. The van der Waals surface area contributed by atoms with E-state index in [1.54, 1.807) is 24.3 Å². The van der Waals surface area contributed by atoms with Gasteiger partial charge in [-0.05, 0) is 82.6 Å². The molecule has 2 amide bonds. The average molecular weight is 652 g/mol. The van der Waals surface area contributed by atoms with Gasteiger partial charge in [0.15, 0.2) is 0 Å². The summed E-state index contributed by atoms with van der Waals surface area (Å²) in [5.74, 6) is 0.00414. The SMILES string of the molecule is C=C/C=C(/C)C(=C(C)C)c1cc2nc(n1)NS(=O)(=O)c1cccc(c1)C(=O)N([C@H]1CC[C@H](NC(=O)OC)CC1)[C@H](CC(C)C)CO2. The highest BCUT2D eigenvalue weighted by Crippen LogP contribution is 2.32. The van der Waals surface area contributed by atoms with Gasteiger partial charge in [-0.3, -0.25) is 4.79 Å². The Morgan fingerprint density at radius 2 is 1.89 bits per heavy atom. The van der Waals surface area contributed by atoms with Crippen molar-refractivity contribution in [2.24, 2.45) is 5.92 Å². The molecule has 4 rings (SSSR count). The minimum Gasteiger partial charge on any atom is -0.475 e. The van der Waals surface area contributed by atoms with Crippen LogP contribution in [0.2, 0.25) is 0 Å². The second-order valence-electron chi connectivity index (χ2n) is 12.5. The molecule has 4 bridgehead atoms. The van der Waals surface area contributed by atoms with Crippen molar-refractivity contribution < 1.29 is 27.5 Å². The number of ether oxygens (including phenoxy) is 2. The number of aromatic nitrogens is 2. The summed E-state index contributed by atoms with van der Waals surface area (Å²) >= 11 is 0. The molecule has 1 aromatic heterocycles. The summed E-state index contributed by atoms with van der Waals surface area (Å²) in [5.41, 5.74) is 3.42. The smallest absolute Gasteiger partial charge is 0.407 e. The largest absolute Gasteiger partial charge is 0.475 e. The summed E-state index contributed by atoms with van der Waals surface area (Å²) in [4.78, 5) is 37.1. The van der Waals surface area contributed by atoms with Gasteiger partial charge >= 0.3 is 6.09 Å². The van der Waals surface area contributed by atoms with Gasteiger partial charge in [0.25, 0.3) is 15.9 Å². The van der Waals surface area contributed by atoms with Gasteiger partial charge in [0.2, 0.25) is 11.8 Å². The maximum atomic E-state index is 14.4. The normalized spacial score (nSPS) is 21.5. The molecule has 2 aliphatic rings. The van der Waals surface area contributed by atoms with Crippen molar-refractivity contribution in [1.29, 1.82) is 0 Å². The molecule has 248 valence electrons. The highest BCUT2D eigenvalue weighted by atomic mass is 32.2. The third-order valence-electron chi connectivity index (χ3n) is 8.23. The van der Waals surface area contributed by atoms with Crippen molar-refractivity contribution >= 4 is 33.5 Å². The summed E-state index contributed by atoms with van der Waals surface area (Å²) in [5, 5.41) is 2.87. The lowest BCUT2D eigenvalue weighted by molar-refractivity contribution is 0.0353. The van der Waals surface area contributed by atoms with Crippen LogP contribution < -0.4 is 14.8 Å². The number of benzene rings is 1. The van der Waals surface area contributed by atoms with E-state index in [-0.39, 0.29) is 58.8 Å². The summed E-state index contributed by atoms with van der Waals surface area (Å²) in [6.45, 7) is 14.0. The van der Waals surface area contributed by atoms with Crippen molar-refractivity contribution in [2.75, 3.05) is 18.4 Å². The fraction of sp³-hybridized carbons (Fsp3) is 0.471. The quantitative estimate of drug-likeness (QED) is 0.342. The Labute approximate surface area is 272 Å². The number of hydrogen-bond donors (Lipinski definition) is 2. The highest BCUT2D eigenvalue weighted by molar-refractivity contribution is 7.92. The van der Waals surface area contributed by atoms with Crippen LogP contribution in [0, 0.1) is 5.92 Å². The molecule has 1 atom stereocenters. The molecule has 11 nitrogen and oxygen atoms in total. The molecule has 2 heterocycles. The first-order valence-corrected chi connectivity index (χ1v) is 17.1. The van der Waals surface area contributed by atoms with Crippen molar-refractivity contribution in [1.82, 2.24) is 20.2 Å². The Morgan fingerprint density at radius 3 is 2.52 bits per heavy atom. The zero-order valence-electron chi connectivity index (χ0n) is 27.5. The number of rotatable bonds is 7. The first kappa shape index (κ1) is 34.7. The molecule has 1 saturated carbocycles. The number of amides is 2. The molecule has 0 saturated heterocycles. The number of hydrogen-bond acceptors (Lipinski definition) is 8. The van der Waals surface area contributed by atoms with Gasteiger partial charge in [-0.15, -0.1) is 0 Å². The third-order valence-corrected chi connectivity index (χ3v) is 9.56. The lowest BCUT2D eigenvalue weighted by Crippen LogP contribution is -2.52. The van der Waals surface area contributed by atoms with E-state index in [2.05, 4.69) is 40.4 Å². The summed E-state index contributed by atoms with van der Waals surface area (Å²) in [6, 6.07) is 7.18. The molecule has 0 unspecified atom stereocenters. The van der Waals surface area contributed by atoms with Crippen LogP contribution in [0.4, 0.5) is 10.7 Å². The van der Waals surface area contributed by atoms with E-state index in [1.165, 1.54) is 19.2 Å². The Bertz CT molecular complexity index is 1620. The number of alkyl carbamates (subject to hydrolysis) is 1. The van der Waals surface area contributed by atoms with E-state index in [4.69, 9.17) is 9.47 Å². The van der Waals surface area contributed by atoms with Crippen LogP contribution in [0.25, 0.3) is 5.57 Å². The number of fused-ring (bicyclic) bond motifs is 4. The molecule has 1 aliphatic carbocycles. The molecule has 2 aromatic rings. The molecule has 2 N–H and O–H groups in total. The molecule has 46 heavy (non-hydrogen) atoms. The topological polar surface area (TPSA) is 140 Å². The fourth-order valence-corrected chi connectivity index (χ4v) is 7.24. The Hall–Kier alpha value is -4.19. The number of allylic oxidation sites excluding steroid dienone is 5.